The number of nitrogens with zero attached hydrogens (tertiary/aromatic N) is 2. The molecule has 0 amide bonds. The zero-order chi connectivity index (χ0) is 13.9. The highest BCUT2D eigenvalue weighted by molar-refractivity contribution is 6.48. The highest BCUT2D eigenvalue weighted by Gasteiger charge is 2.23. The lowest BCUT2D eigenvalue weighted by atomic mass is 10.1. The van der Waals surface area contributed by atoms with Crippen LogP contribution in [0.25, 0.3) is 0 Å². The minimum atomic E-state index is -0.968. The summed E-state index contributed by atoms with van der Waals surface area (Å²) in [7, 11) is 0. The second-order valence-corrected chi connectivity index (χ2v) is 4.92. The van der Waals surface area contributed by atoms with Gasteiger partial charge in [-0.2, -0.15) is 9.98 Å². The van der Waals surface area contributed by atoms with Gasteiger partial charge in [-0.1, -0.05) is 46.4 Å². The molecule has 0 fully saturated rings. The van der Waals surface area contributed by atoms with Crippen molar-refractivity contribution in [1.82, 2.24) is 0 Å². The van der Waals surface area contributed by atoms with Gasteiger partial charge in [-0.25, -0.2) is 9.59 Å². The van der Waals surface area contributed by atoms with Crippen molar-refractivity contribution in [3.05, 3.63) is 21.2 Å². The number of alkyl halides is 2. The van der Waals surface area contributed by atoms with Gasteiger partial charge < -0.3 is 0 Å². The Labute approximate surface area is 122 Å². The van der Waals surface area contributed by atoms with Gasteiger partial charge in [0.25, 0.3) is 0 Å². The molecule has 94 valence electrons. The Balaban J connectivity index is 3.86. The van der Waals surface area contributed by atoms with Gasteiger partial charge in [0.1, 0.15) is 16.2 Å². The lowest BCUT2D eigenvalue weighted by molar-refractivity contribution is 0.564. The van der Waals surface area contributed by atoms with Crippen LogP contribution in [-0.4, -0.2) is 12.2 Å². The third-order valence-corrected chi connectivity index (χ3v) is 3.45. The first-order valence-electron chi connectivity index (χ1n) is 4.41. The zero-order valence-corrected chi connectivity index (χ0v) is 11.8. The van der Waals surface area contributed by atoms with Crippen molar-refractivity contribution >= 4 is 69.9 Å². The minimum absolute atomic E-state index is 0.0315. The summed E-state index contributed by atoms with van der Waals surface area (Å²) >= 11 is 23.4. The number of aliphatic imine (C=N–C) groups is 2. The van der Waals surface area contributed by atoms with Crippen molar-refractivity contribution in [2.24, 2.45) is 9.98 Å². The Morgan fingerprint density at radius 1 is 1.00 bits per heavy atom. The van der Waals surface area contributed by atoms with Crippen LogP contribution in [-0.2, 0) is 9.59 Å². The molecule has 0 saturated heterocycles. The molecule has 4 nitrogen and oxygen atoms in total. The molecule has 0 aliphatic heterocycles. The molecule has 0 radical (unpaired) electrons. The zero-order valence-electron chi connectivity index (χ0n) is 8.80. The van der Waals surface area contributed by atoms with E-state index in [-0.39, 0.29) is 21.4 Å². The van der Waals surface area contributed by atoms with Gasteiger partial charge in [-0.3, -0.25) is 0 Å². The van der Waals surface area contributed by atoms with E-state index in [0.717, 1.165) is 0 Å². The molecule has 0 aliphatic rings. The quantitative estimate of drug-likeness (QED) is 0.459. The molecule has 1 aromatic carbocycles. The Morgan fingerprint density at radius 2 is 1.50 bits per heavy atom. The summed E-state index contributed by atoms with van der Waals surface area (Å²) in [5, 5.41) is -0.0380. The van der Waals surface area contributed by atoms with Crippen molar-refractivity contribution in [1.29, 1.82) is 0 Å². The van der Waals surface area contributed by atoms with E-state index in [1.807, 2.05) is 0 Å². The topological polar surface area (TPSA) is 58.9 Å². The monoisotopic (exact) mass is 324 g/mol. The number of carbonyl (C=O) groups excluding carboxylic acids is 2. The molecular weight excluding hydrogens is 322 g/mol. The Bertz CT molecular complexity index is 588. The molecule has 1 aromatic rings. The van der Waals surface area contributed by atoms with Crippen LogP contribution in [0.2, 0.25) is 10.0 Å². The van der Waals surface area contributed by atoms with Crippen LogP contribution in [0.3, 0.4) is 0 Å². The average molecular weight is 326 g/mol. The average Bonchev–Trinajstić information content (AvgIpc) is 2.30. The summed E-state index contributed by atoms with van der Waals surface area (Å²) in [6, 6.07) is 0. The van der Waals surface area contributed by atoms with Crippen molar-refractivity contribution in [3.8, 4) is 0 Å². The van der Waals surface area contributed by atoms with Crippen LogP contribution in [0.15, 0.2) is 9.98 Å². The van der Waals surface area contributed by atoms with Gasteiger partial charge in [-0.15, -0.1) is 0 Å². The Morgan fingerprint density at radius 3 is 1.94 bits per heavy atom. The van der Waals surface area contributed by atoms with Crippen LogP contribution >= 0.6 is 46.4 Å². The van der Waals surface area contributed by atoms with E-state index in [4.69, 9.17) is 46.4 Å². The summed E-state index contributed by atoms with van der Waals surface area (Å²) < 4.78 is 0. The molecule has 0 aromatic heterocycles. The third kappa shape index (κ3) is 2.76. The van der Waals surface area contributed by atoms with Gasteiger partial charge in [0, 0.05) is 5.56 Å². The number of rotatable bonds is 3. The van der Waals surface area contributed by atoms with Crippen LogP contribution < -0.4 is 0 Å². The molecular formula is C10H4Cl4N2O2. The second kappa shape index (κ2) is 6.35. The van der Waals surface area contributed by atoms with Crippen molar-refractivity contribution in [3.63, 3.8) is 0 Å². The van der Waals surface area contributed by atoms with Gasteiger partial charge in [0.2, 0.25) is 12.2 Å². The molecule has 0 saturated carbocycles. The van der Waals surface area contributed by atoms with Gasteiger partial charge >= 0.3 is 0 Å². The van der Waals surface area contributed by atoms with Crippen LogP contribution in [0, 0.1) is 6.92 Å². The predicted octanol–water partition coefficient (Wildman–Crippen LogP) is 4.71. The van der Waals surface area contributed by atoms with Gasteiger partial charge in [0.05, 0.1) is 10.0 Å². The van der Waals surface area contributed by atoms with Crippen molar-refractivity contribution in [2.45, 2.75) is 11.8 Å². The number of hydrogen-bond acceptors (Lipinski definition) is 4. The number of halogens is 4. The summed E-state index contributed by atoms with van der Waals surface area (Å²) in [5.41, 5.74) is 0.639. The molecule has 0 heterocycles. The lowest BCUT2D eigenvalue weighted by Crippen LogP contribution is -1.92. The van der Waals surface area contributed by atoms with Crippen LogP contribution in [0.5, 0.6) is 0 Å². The maximum absolute atomic E-state index is 10.4. The summed E-state index contributed by atoms with van der Waals surface area (Å²) in [6.07, 6.45) is 2.64. The van der Waals surface area contributed by atoms with Crippen LogP contribution in [0.1, 0.15) is 16.0 Å². The largest absolute Gasteiger partial charge is 0.240 e. The maximum Gasteiger partial charge on any atom is 0.240 e. The fourth-order valence-electron chi connectivity index (χ4n) is 1.39. The normalized spacial score (nSPS) is 9.89. The predicted molar refractivity (Wildman–Crippen MR) is 71.2 cm³/mol. The summed E-state index contributed by atoms with van der Waals surface area (Å²) in [4.78, 5) is 26.6. The van der Waals surface area contributed by atoms with E-state index < -0.39 is 4.84 Å². The standard InChI is InChI=1S/C10H4Cl4N2O2/c1-4-5(10(13)14)6(11)7(12)9(16-3-18)8(4)15-2-17/h10H,1H3. The highest BCUT2D eigenvalue weighted by atomic mass is 35.5. The maximum atomic E-state index is 10.4. The minimum Gasteiger partial charge on any atom is -0.211 e. The number of benzene rings is 1. The van der Waals surface area contributed by atoms with Gasteiger partial charge in [-0.05, 0) is 12.5 Å². The van der Waals surface area contributed by atoms with Crippen LogP contribution in [0.4, 0.5) is 11.4 Å². The molecule has 0 unspecified atom stereocenters. The van der Waals surface area contributed by atoms with Crippen molar-refractivity contribution in [2.75, 3.05) is 0 Å². The SMILES string of the molecule is Cc1c(N=C=O)c(N=C=O)c(Cl)c(Cl)c1C(Cl)Cl. The van der Waals surface area contributed by atoms with E-state index in [0.29, 0.717) is 11.1 Å². The Hall–Kier alpha value is -0.860. The molecule has 1 rings (SSSR count). The number of hydrogen-bond donors (Lipinski definition) is 0. The molecule has 0 N–H and O–H groups in total. The fraction of sp³-hybridized carbons (Fsp3) is 0.200. The first kappa shape index (κ1) is 15.2. The molecule has 0 atom stereocenters. The summed E-state index contributed by atoms with van der Waals surface area (Å²) in [5.74, 6) is 0. The highest BCUT2D eigenvalue weighted by Crippen LogP contribution is 2.48. The first-order chi connectivity index (χ1) is 8.45. The lowest BCUT2D eigenvalue weighted by Gasteiger charge is -2.14. The fourth-order valence-corrected chi connectivity index (χ4v) is 2.62. The van der Waals surface area contributed by atoms with E-state index in [9.17, 15) is 9.59 Å². The first-order valence-corrected chi connectivity index (χ1v) is 6.03. The smallest absolute Gasteiger partial charge is 0.211 e. The molecule has 0 spiro atoms. The molecule has 18 heavy (non-hydrogen) atoms. The third-order valence-electron chi connectivity index (χ3n) is 2.15. The molecule has 0 aliphatic carbocycles. The van der Waals surface area contributed by atoms with Crippen molar-refractivity contribution < 1.29 is 9.59 Å². The molecule has 8 heteroatoms. The van der Waals surface area contributed by atoms with E-state index >= 15 is 0 Å². The summed E-state index contributed by atoms with van der Waals surface area (Å²) in [6.45, 7) is 1.56. The number of isocyanates is 2. The molecule has 0 bridgehead atoms. The van der Waals surface area contributed by atoms with E-state index in [1.54, 1.807) is 6.92 Å². The second-order valence-electron chi connectivity index (χ2n) is 3.07. The Kier molecular flexibility index (Phi) is 5.36. The van der Waals surface area contributed by atoms with E-state index in [2.05, 4.69) is 9.98 Å². The van der Waals surface area contributed by atoms with Gasteiger partial charge in [0.15, 0.2) is 0 Å². The van der Waals surface area contributed by atoms with E-state index in [1.165, 1.54) is 12.2 Å².